The fourth-order valence-electron chi connectivity index (χ4n) is 4.66. The Morgan fingerprint density at radius 1 is 1.17 bits per heavy atom. The van der Waals surface area contributed by atoms with E-state index in [1.165, 1.54) is 12.8 Å². The van der Waals surface area contributed by atoms with Gasteiger partial charge in [0, 0.05) is 25.1 Å². The monoisotopic (exact) mass is 332 g/mol. The quantitative estimate of drug-likeness (QED) is 0.921. The number of aryl methyl sites for hydroxylation is 2. The van der Waals surface area contributed by atoms with Crippen molar-refractivity contribution in [3.8, 4) is 0 Å². The van der Waals surface area contributed by atoms with Gasteiger partial charge in [-0.2, -0.15) is 0 Å². The molecule has 2 aliphatic heterocycles. The molecule has 5 nitrogen and oxygen atoms in total. The maximum Gasteiger partial charge on any atom is 0.257 e. The number of hydrogen-bond donors (Lipinski definition) is 1. The largest absolute Gasteiger partial charge is 0.465 e. The first-order valence-corrected chi connectivity index (χ1v) is 9.41. The number of carbonyl (C=O) groups is 1. The molecule has 0 saturated carbocycles. The third-order valence-electron chi connectivity index (χ3n) is 5.90. The number of nitrogens with zero attached hydrogens (tertiary/aromatic N) is 2. The van der Waals surface area contributed by atoms with Gasteiger partial charge in [-0.05, 0) is 58.5 Å². The van der Waals surface area contributed by atoms with Crippen molar-refractivity contribution in [2.45, 2.75) is 57.5 Å². The summed E-state index contributed by atoms with van der Waals surface area (Å²) in [6, 6.07) is 0. The summed E-state index contributed by atoms with van der Waals surface area (Å²) >= 11 is 0. The van der Waals surface area contributed by atoms with E-state index in [0.717, 1.165) is 61.4 Å². The standard InChI is InChI=1S/C19H28N2O3/c1-14-17(15-6-2-3-7-16(15)24-14)18(22)21-11-8-19(23,13-21)12-20-9-4-5-10-20/h23H,2-13H2,1H3/t19-/m1/s1. The van der Waals surface area contributed by atoms with E-state index in [1.54, 1.807) is 0 Å². The van der Waals surface area contributed by atoms with Crippen LogP contribution in [-0.4, -0.2) is 59.1 Å². The van der Waals surface area contributed by atoms with E-state index in [0.29, 0.717) is 26.1 Å². The van der Waals surface area contributed by atoms with Crippen molar-refractivity contribution < 1.29 is 14.3 Å². The number of likely N-dealkylation sites (tertiary alicyclic amines) is 2. The minimum atomic E-state index is -0.752. The third kappa shape index (κ3) is 2.88. The molecule has 2 saturated heterocycles. The molecule has 1 N–H and O–H groups in total. The van der Waals surface area contributed by atoms with E-state index in [9.17, 15) is 9.90 Å². The molecule has 0 aromatic carbocycles. The van der Waals surface area contributed by atoms with Crippen LogP contribution in [0.1, 0.15) is 59.5 Å². The molecule has 3 heterocycles. The summed E-state index contributed by atoms with van der Waals surface area (Å²) in [6.07, 6.45) is 7.28. The van der Waals surface area contributed by atoms with Gasteiger partial charge in [0.05, 0.1) is 17.7 Å². The molecule has 2 fully saturated rings. The lowest BCUT2D eigenvalue weighted by Crippen LogP contribution is -2.45. The fourth-order valence-corrected chi connectivity index (χ4v) is 4.66. The maximum absolute atomic E-state index is 13.1. The number of furan rings is 1. The molecule has 132 valence electrons. The Morgan fingerprint density at radius 2 is 1.92 bits per heavy atom. The van der Waals surface area contributed by atoms with Crippen LogP contribution < -0.4 is 0 Å². The lowest BCUT2D eigenvalue weighted by atomic mass is 9.94. The zero-order valence-electron chi connectivity index (χ0n) is 14.6. The van der Waals surface area contributed by atoms with E-state index < -0.39 is 5.60 Å². The Labute approximate surface area is 143 Å². The van der Waals surface area contributed by atoms with Crippen LogP contribution in [0.4, 0.5) is 0 Å². The predicted molar refractivity (Wildman–Crippen MR) is 91.2 cm³/mol. The highest BCUT2D eigenvalue weighted by molar-refractivity contribution is 5.97. The molecule has 0 spiro atoms. The lowest BCUT2D eigenvalue weighted by molar-refractivity contribution is 0.0175. The summed E-state index contributed by atoms with van der Waals surface area (Å²) in [4.78, 5) is 17.2. The van der Waals surface area contributed by atoms with Crippen molar-refractivity contribution in [2.75, 3.05) is 32.7 Å². The second kappa shape index (κ2) is 6.19. The van der Waals surface area contributed by atoms with Gasteiger partial charge >= 0.3 is 0 Å². The van der Waals surface area contributed by atoms with Crippen molar-refractivity contribution >= 4 is 5.91 Å². The van der Waals surface area contributed by atoms with Crippen molar-refractivity contribution in [3.63, 3.8) is 0 Å². The number of aliphatic hydroxyl groups is 1. The van der Waals surface area contributed by atoms with Crippen LogP contribution in [0.2, 0.25) is 0 Å². The summed E-state index contributed by atoms with van der Waals surface area (Å²) in [5.41, 5.74) is 1.14. The van der Waals surface area contributed by atoms with E-state index in [-0.39, 0.29) is 5.91 Å². The average molecular weight is 332 g/mol. The lowest BCUT2D eigenvalue weighted by Gasteiger charge is -2.28. The smallest absolute Gasteiger partial charge is 0.257 e. The first kappa shape index (κ1) is 16.2. The van der Waals surface area contributed by atoms with Crippen LogP contribution in [0, 0.1) is 6.92 Å². The molecule has 24 heavy (non-hydrogen) atoms. The molecule has 0 radical (unpaired) electrons. The van der Waals surface area contributed by atoms with Crippen LogP contribution in [0.5, 0.6) is 0 Å². The van der Waals surface area contributed by atoms with Gasteiger partial charge in [-0.3, -0.25) is 4.79 Å². The van der Waals surface area contributed by atoms with E-state index in [2.05, 4.69) is 4.90 Å². The predicted octanol–water partition coefficient (Wildman–Crippen LogP) is 2.14. The SMILES string of the molecule is Cc1oc2c(c1C(=O)N1CC[C@@](O)(CN3CCCC3)C1)CCCC2. The highest BCUT2D eigenvalue weighted by Gasteiger charge is 2.41. The second-order valence-electron chi connectivity index (χ2n) is 7.83. The van der Waals surface area contributed by atoms with Crippen LogP contribution >= 0.6 is 0 Å². The third-order valence-corrected chi connectivity index (χ3v) is 5.90. The van der Waals surface area contributed by atoms with Crippen LogP contribution in [0.15, 0.2) is 4.42 Å². The van der Waals surface area contributed by atoms with Gasteiger partial charge in [0.25, 0.3) is 5.91 Å². The number of rotatable bonds is 3. The molecule has 1 aromatic heterocycles. The molecule has 1 aliphatic carbocycles. The van der Waals surface area contributed by atoms with Gasteiger partial charge in [0.15, 0.2) is 0 Å². The van der Waals surface area contributed by atoms with Crippen molar-refractivity contribution in [2.24, 2.45) is 0 Å². The van der Waals surface area contributed by atoms with Gasteiger partial charge in [-0.25, -0.2) is 0 Å². The Kier molecular flexibility index (Phi) is 4.17. The Balaban J connectivity index is 1.49. The van der Waals surface area contributed by atoms with Gasteiger partial charge in [0.2, 0.25) is 0 Å². The number of carbonyl (C=O) groups excluding carboxylic acids is 1. The maximum atomic E-state index is 13.1. The Hall–Kier alpha value is -1.33. The Morgan fingerprint density at radius 3 is 2.71 bits per heavy atom. The van der Waals surface area contributed by atoms with E-state index in [1.807, 2.05) is 11.8 Å². The minimum Gasteiger partial charge on any atom is -0.465 e. The number of β-amino-alcohol motifs (C(OH)–C–C–N with tert-alkyl or cyclic N) is 1. The molecular weight excluding hydrogens is 304 g/mol. The summed E-state index contributed by atoms with van der Waals surface area (Å²) in [6.45, 7) is 5.83. The second-order valence-corrected chi connectivity index (χ2v) is 7.83. The summed E-state index contributed by atoms with van der Waals surface area (Å²) < 4.78 is 5.86. The molecular formula is C19H28N2O3. The highest BCUT2D eigenvalue weighted by Crippen LogP contribution is 2.32. The van der Waals surface area contributed by atoms with Gasteiger partial charge < -0.3 is 19.3 Å². The van der Waals surface area contributed by atoms with Crippen molar-refractivity contribution in [3.05, 3.63) is 22.6 Å². The van der Waals surface area contributed by atoms with Crippen molar-refractivity contribution in [1.82, 2.24) is 9.80 Å². The average Bonchev–Trinajstić information content (AvgIpc) is 3.25. The van der Waals surface area contributed by atoms with Gasteiger partial charge in [-0.15, -0.1) is 0 Å². The molecule has 4 rings (SSSR count). The molecule has 3 aliphatic rings. The Bertz CT molecular complexity index is 633. The van der Waals surface area contributed by atoms with Gasteiger partial charge in [-0.1, -0.05) is 0 Å². The van der Waals surface area contributed by atoms with Crippen LogP contribution in [0.25, 0.3) is 0 Å². The van der Waals surface area contributed by atoms with Crippen LogP contribution in [-0.2, 0) is 12.8 Å². The molecule has 1 amide bonds. The minimum absolute atomic E-state index is 0.0525. The molecule has 1 atom stereocenters. The summed E-state index contributed by atoms with van der Waals surface area (Å²) in [5.74, 6) is 1.81. The first-order chi connectivity index (χ1) is 11.6. The molecule has 1 aromatic rings. The van der Waals surface area contributed by atoms with Crippen LogP contribution in [0.3, 0.4) is 0 Å². The van der Waals surface area contributed by atoms with Crippen molar-refractivity contribution in [1.29, 1.82) is 0 Å². The molecule has 0 unspecified atom stereocenters. The van der Waals surface area contributed by atoms with E-state index >= 15 is 0 Å². The molecule has 5 heteroatoms. The fraction of sp³-hybridized carbons (Fsp3) is 0.737. The van der Waals surface area contributed by atoms with Gasteiger partial charge in [0.1, 0.15) is 11.5 Å². The number of amides is 1. The number of hydrogen-bond acceptors (Lipinski definition) is 4. The number of fused-ring (bicyclic) bond motifs is 1. The normalized spacial score (nSPS) is 27.7. The zero-order valence-corrected chi connectivity index (χ0v) is 14.6. The summed E-state index contributed by atoms with van der Waals surface area (Å²) in [5, 5.41) is 10.9. The molecule has 0 bridgehead atoms. The topological polar surface area (TPSA) is 56.9 Å². The van der Waals surface area contributed by atoms with E-state index in [4.69, 9.17) is 4.42 Å². The zero-order chi connectivity index (χ0) is 16.7. The summed E-state index contributed by atoms with van der Waals surface area (Å²) in [7, 11) is 0. The first-order valence-electron chi connectivity index (χ1n) is 9.41. The highest BCUT2D eigenvalue weighted by atomic mass is 16.3.